The Bertz CT molecular complexity index is 1540. The molecule has 4 aromatic rings. The number of carbonyl (C=O) groups is 1. The van der Waals surface area contributed by atoms with Gasteiger partial charge in [0.05, 0.1) is 13.0 Å². The number of hydrogen-bond donors (Lipinski definition) is 0. The number of carbonyl (C=O) groups excluding carboxylic acids is 1. The summed E-state index contributed by atoms with van der Waals surface area (Å²) in [4.78, 5) is 13.6. The molecule has 44 heavy (non-hydrogen) atoms. The molecule has 0 N–H and O–H groups in total. The lowest BCUT2D eigenvalue weighted by atomic mass is 9.86. The number of esters is 1. The van der Waals surface area contributed by atoms with Crippen LogP contribution in [-0.2, 0) is 18.7 Å². The second-order valence-electron chi connectivity index (χ2n) is 12.6. The van der Waals surface area contributed by atoms with Crippen LogP contribution < -0.4 is 15.1 Å². The van der Waals surface area contributed by atoms with Gasteiger partial charge in [-0.15, -0.1) is 0 Å². The van der Waals surface area contributed by atoms with Crippen LogP contribution in [0.3, 0.4) is 0 Å². The molecular formula is C38H40O5Si. The molecule has 6 heteroatoms. The zero-order valence-electron chi connectivity index (χ0n) is 25.8. The molecule has 2 aliphatic rings. The fourth-order valence-corrected chi connectivity index (χ4v) is 11.3. The fraction of sp³-hybridized carbons (Fsp3) is 0.289. The molecule has 5 nitrogen and oxygen atoms in total. The average Bonchev–Trinajstić information content (AvgIpc) is 3.43. The van der Waals surface area contributed by atoms with Gasteiger partial charge in [-0.3, -0.25) is 0 Å². The second-order valence-corrected chi connectivity index (χ2v) is 16.9. The first kappa shape index (κ1) is 29.9. The monoisotopic (exact) mass is 604 g/mol. The highest BCUT2D eigenvalue weighted by Gasteiger charge is 2.56. The Balaban J connectivity index is 1.42. The lowest BCUT2D eigenvalue weighted by Crippen LogP contribution is -2.68. The van der Waals surface area contributed by atoms with Crippen LogP contribution in [0.4, 0.5) is 0 Å². The quantitative estimate of drug-likeness (QED) is 0.161. The van der Waals surface area contributed by atoms with Crippen molar-refractivity contribution in [3.63, 3.8) is 0 Å². The highest BCUT2D eigenvalue weighted by Crippen LogP contribution is 2.45. The minimum atomic E-state index is -3.03. The number of benzene rings is 4. The molecule has 0 unspecified atom stereocenters. The zero-order valence-corrected chi connectivity index (χ0v) is 26.8. The van der Waals surface area contributed by atoms with Crippen LogP contribution in [0.1, 0.15) is 50.3 Å². The molecule has 4 atom stereocenters. The van der Waals surface area contributed by atoms with Crippen LogP contribution >= 0.6 is 0 Å². The van der Waals surface area contributed by atoms with Gasteiger partial charge >= 0.3 is 5.97 Å². The number of ether oxygens (including phenoxy) is 3. The molecule has 1 fully saturated rings. The summed E-state index contributed by atoms with van der Waals surface area (Å²) in [7, 11) is -1.36. The molecule has 2 aliphatic heterocycles. The molecule has 0 aromatic heterocycles. The van der Waals surface area contributed by atoms with E-state index in [9.17, 15) is 4.79 Å². The first-order chi connectivity index (χ1) is 21.3. The average molecular weight is 605 g/mol. The van der Waals surface area contributed by atoms with E-state index in [0.717, 1.165) is 33.9 Å². The van der Waals surface area contributed by atoms with Crippen molar-refractivity contribution in [2.75, 3.05) is 13.7 Å². The lowest BCUT2D eigenvalue weighted by molar-refractivity contribution is -0.144. The summed E-state index contributed by atoms with van der Waals surface area (Å²) >= 11 is 0. The third-order valence-electron chi connectivity index (χ3n) is 8.92. The summed E-state index contributed by atoms with van der Waals surface area (Å²) in [5.74, 6) is 0.941. The van der Waals surface area contributed by atoms with Crippen LogP contribution in [0.5, 0.6) is 5.75 Å². The van der Waals surface area contributed by atoms with Crippen molar-refractivity contribution in [2.24, 2.45) is 5.92 Å². The summed E-state index contributed by atoms with van der Waals surface area (Å²) in [6, 6.07) is 39.3. The normalized spacial score (nSPS) is 22.1. The summed E-state index contributed by atoms with van der Waals surface area (Å²) in [5.41, 5.74) is 2.27. The van der Waals surface area contributed by atoms with E-state index < -0.39 is 14.4 Å². The van der Waals surface area contributed by atoms with E-state index in [1.165, 1.54) is 5.56 Å². The molecule has 2 heterocycles. The Kier molecular flexibility index (Phi) is 8.48. The van der Waals surface area contributed by atoms with Crippen molar-refractivity contribution < 1.29 is 23.4 Å². The number of cyclic esters (lactones) is 1. The maximum atomic E-state index is 13.6. The summed E-state index contributed by atoms with van der Waals surface area (Å²) in [5, 5.41) is 1.95. The number of hydrogen-bond acceptors (Lipinski definition) is 5. The molecular weight excluding hydrogens is 564 g/mol. The standard InChI is InChI=1S/C38H40O5Si/c1-38(2,3)44(31-16-10-6-11-17-31,32-18-12-7-13-19-32)43-36-33(26-41-37(36)39)35-25-29(27-14-8-5-9-15-27)24-34(42-35)28-20-22-30(40-4)23-21-28/h5-23,25,29,33-34,36H,24,26H2,1-4H3/t29-,33-,34-,36+/m0/s1. The van der Waals surface area contributed by atoms with Gasteiger partial charge in [-0.1, -0.05) is 124 Å². The Morgan fingerprint density at radius 3 is 1.86 bits per heavy atom. The van der Waals surface area contributed by atoms with Gasteiger partial charge in [0.25, 0.3) is 8.32 Å². The van der Waals surface area contributed by atoms with Gasteiger partial charge in [0.1, 0.15) is 24.2 Å². The predicted molar refractivity (Wildman–Crippen MR) is 176 cm³/mol. The molecule has 0 amide bonds. The van der Waals surface area contributed by atoms with Crippen molar-refractivity contribution in [2.45, 2.75) is 50.4 Å². The van der Waals surface area contributed by atoms with Crippen LogP contribution in [0.25, 0.3) is 0 Å². The molecule has 0 aliphatic carbocycles. The van der Waals surface area contributed by atoms with Crippen molar-refractivity contribution in [3.8, 4) is 5.75 Å². The summed E-state index contributed by atoms with van der Waals surface area (Å²) in [6.07, 6.45) is 1.96. The third kappa shape index (κ3) is 5.72. The smallest absolute Gasteiger partial charge is 0.334 e. The van der Waals surface area contributed by atoms with Gasteiger partial charge < -0.3 is 18.6 Å². The van der Waals surface area contributed by atoms with E-state index in [1.54, 1.807) is 7.11 Å². The Morgan fingerprint density at radius 1 is 0.750 bits per heavy atom. The van der Waals surface area contributed by atoms with Gasteiger partial charge in [-0.25, -0.2) is 4.79 Å². The Hall–Kier alpha value is -4.13. The highest BCUT2D eigenvalue weighted by molar-refractivity contribution is 6.99. The van der Waals surface area contributed by atoms with E-state index in [-0.39, 0.29) is 35.6 Å². The van der Waals surface area contributed by atoms with Gasteiger partial charge in [-0.2, -0.15) is 0 Å². The molecule has 0 radical (unpaired) electrons. The van der Waals surface area contributed by atoms with E-state index in [1.807, 2.05) is 30.3 Å². The first-order valence-electron chi connectivity index (χ1n) is 15.3. The zero-order chi connectivity index (χ0) is 30.7. The summed E-state index contributed by atoms with van der Waals surface area (Å²) < 4.78 is 25.3. The Morgan fingerprint density at radius 2 is 1.32 bits per heavy atom. The maximum Gasteiger partial charge on any atom is 0.334 e. The first-order valence-corrected chi connectivity index (χ1v) is 17.2. The van der Waals surface area contributed by atoms with Crippen molar-refractivity contribution >= 4 is 24.7 Å². The van der Waals surface area contributed by atoms with E-state index >= 15 is 0 Å². The van der Waals surface area contributed by atoms with E-state index in [4.69, 9.17) is 18.6 Å². The van der Waals surface area contributed by atoms with E-state index in [2.05, 4.69) is 112 Å². The highest BCUT2D eigenvalue weighted by atomic mass is 28.4. The summed E-state index contributed by atoms with van der Waals surface area (Å²) in [6.45, 7) is 6.87. The lowest BCUT2D eigenvalue weighted by Gasteiger charge is -2.45. The third-order valence-corrected chi connectivity index (χ3v) is 13.9. The molecule has 0 bridgehead atoms. The number of allylic oxidation sites excluding steroid dienone is 1. The van der Waals surface area contributed by atoms with Crippen LogP contribution in [0.2, 0.25) is 5.04 Å². The minimum absolute atomic E-state index is 0.108. The molecule has 0 spiro atoms. The molecule has 226 valence electrons. The SMILES string of the molecule is COc1ccc([C@@H]2C[C@H](c3ccccc3)C=C([C@@H]3COC(=O)[C@@H]3O[Si](c3ccccc3)(c3ccccc3)C(C)(C)C)O2)cc1. The fourth-order valence-electron chi connectivity index (χ4n) is 6.66. The molecule has 6 rings (SSSR count). The van der Waals surface area contributed by atoms with Crippen LogP contribution in [0.15, 0.2) is 127 Å². The van der Waals surface area contributed by atoms with E-state index in [0.29, 0.717) is 0 Å². The molecule has 4 aromatic carbocycles. The minimum Gasteiger partial charge on any atom is -0.497 e. The second kappa shape index (κ2) is 12.5. The van der Waals surface area contributed by atoms with Crippen molar-refractivity contribution in [3.05, 3.63) is 138 Å². The Labute approximate surface area is 261 Å². The largest absolute Gasteiger partial charge is 0.497 e. The topological polar surface area (TPSA) is 54.0 Å². The predicted octanol–water partition coefficient (Wildman–Crippen LogP) is 6.94. The van der Waals surface area contributed by atoms with Crippen LogP contribution in [-0.4, -0.2) is 34.1 Å². The molecule has 1 saturated heterocycles. The van der Waals surface area contributed by atoms with Crippen molar-refractivity contribution in [1.29, 1.82) is 0 Å². The number of methoxy groups -OCH3 is 1. The van der Waals surface area contributed by atoms with Crippen LogP contribution in [0, 0.1) is 5.92 Å². The van der Waals surface area contributed by atoms with Gasteiger partial charge in [-0.05, 0) is 51.2 Å². The number of rotatable bonds is 8. The van der Waals surface area contributed by atoms with Gasteiger partial charge in [0.2, 0.25) is 0 Å². The maximum absolute atomic E-state index is 13.6. The van der Waals surface area contributed by atoms with Gasteiger partial charge in [0, 0.05) is 5.92 Å². The van der Waals surface area contributed by atoms with Gasteiger partial charge in [0.15, 0.2) is 6.10 Å². The van der Waals surface area contributed by atoms with Crippen molar-refractivity contribution in [1.82, 2.24) is 0 Å². The molecule has 0 saturated carbocycles.